The summed E-state index contributed by atoms with van der Waals surface area (Å²) in [7, 11) is 1.73. The van der Waals surface area contributed by atoms with Gasteiger partial charge in [-0.05, 0) is 12.8 Å². The molecule has 1 aromatic heterocycles. The first-order valence-corrected chi connectivity index (χ1v) is 5.75. The van der Waals surface area contributed by atoms with E-state index >= 15 is 0 Å². The molecule has 0 aromatic carbocycles. The lowest BCUT2D eigenvalue weighted by Gasteiger charge is -2.23. The number of hydrogen-bond donors (Lipinski definition) is 2. The number of carbonyl (C=O) groups excluding carboxylic acids is 1. The van der Waals surface area contributed by atoms with Gasteiger partial charge in [0.25, 0.3) is 0 Å². The highest BCUT2D eigenvalue weighted by Crippen LogP contribution is 2.28. The van der Waals surface area contributed by atoms with Crippen LogP contribution in [0.3, 0.4) is 0 Å². The van der Waals surface area contributed by atoms with Gasteiger partial charge < -0.3 is 15.7 Å². The minimum atomic E-state index is -1.02. The van der Waals surface area contributed by atoms with Crippen LogP contribution in [-0.2, 0) is 16.6 Å². The highest BCUT2D eigenvalue weighted by Gasteiger charge is 2.36. The number of nitrogens with two attached hydrogens (primary N) is 1. The minimum Gasteiger partial charge on any atom is -0.480 e. The van der Waals surface area contributed by atoms with Crippen molar-refractivity contribution in [2.24, 2.45) is 12.8 Å². The molecule has 1 aromatic rings. The Balaban J connectivity index is 2.10. The number of aliphatic carboxylic acids is 1. The molecular weight excluding hydrogens is 236 g/mol. The second kappa shape index (κ2) is 4.77. The number of amides is 1. The average Bonchev–Trinajstić information content (AvgIpc) is 3.06. The van der Waals surface area contributed by atoms with Crippen molar-refractivity contribution in [2.75, 3.05) is 6.54 Å². The van der Waals surface area contributed by atoms with Crippen molar-refractivity contribution in [3.8, 4) is 0 Å². The van der Waals surface area contributed by atoms with Gasteiger partial charge in [0.1, 0.15) is 12.6 Å². The van der Waals surface area contributed by atoms with E-state index in [0.717, 1.165) is 12.8 Å². The molecule has 7 heteroatoms. The normalized spacial score (nSPS) is 16.3. The van der Waals surface area contributed by atoms with Crippen LogP contribution in [0.15, 0.2) is 12.4 Å². The smallest absolute Gasteiger partial charge is 0.323 e. The molecule has 7 nitrogen and oxygen atoms in total. The van der Waals surface area contributed by atoms with Crippen LogP contribution in [0.5, 0.6) is 0 Å². The molecule has 1 aliphatic rings. The van der Waals surface area contributed by atoms with Crippen molar-refractivity contribution >= 4 is 11.9 Å². The summed E-state index contributed by atoms with van der Waals surface area (Å²) in [5.74, 6) is -1.37. The van der Waals surface area contributed by atoms with E-state index < -0.39 is 12.0 Å². The average molecular weight is 252 g/mol. The summed E-state index contributed by atoms with van der Waals surface area (Å²) >= 11 is 0. The van der Waals surface area contributed by atoms with Gasteiger partial charge in [-0.2, -0.15) is 5.10 Å². The standard InChI is InChI=1S/C11H16N4O3/c1-14-5-7(4-13-14)10(12)11(18)15(6-9(16)17)8-2-3-8/h4-5,8,10H,2-3,6,12H2,1H3,(H,16,17). The second-order valence-electron chi connectivity index (χ2n) is 4.52. The van der Waals surface area contributed by atoms with E-state index in [2.05, 4.69) is 5.10 Å². The van der Waals surface area contributed by atoms with Crippen LogP contribution >= 0.6 is 0 Å². The van der Waals surface area contributed by atoms with Crippen LogP contribution < -0.4 is 5.73 Å². The van der Waals surface area contributed by atoms with Gasteiger partial charge in [0.15, 0.2) is 0 Å². The number of carboxylic acids is 1. The summed E-state index contributed by atoms with van der Waals surface area (Å²) in [5.41, 5.74) is 6.45. The van der Waals surface area contributed by atoms with Crippen LogP contribution in [0.2, 0.25) is 0 Å². The summed E-state index contributed by atoms with van der Waals surface area (Å²) < 4.78 is 1.56. The molecule has 0 bridgehead atoms. The van der Waals surface area contributed by atoms with Gasteiger partial charge in [-0.15, -0.1) is 0 Å². The van der Waals surface area contributed by atoms with Gasteiger partial charge in [0, 0.05) is 24.8 Å². The summed E-state index contributed by atoms with van der Waals surface area (Å²) in [6.45, 7) is -0.294. The first-order chi connectivity index (χ1) is 8.49. The van der Waals surface area contributed by atoms with E-state index in [4.69, 9.17) is 10.8 Å². The number of rotatable bonds is 5. The monoisotopic (exact) mass is 252 g/mol. The lowest BCUT2D eigenvalue weighted by Crippen LogP contribution is -2.42. The Morgan fingerprint density at radius 1 is 1.67 bits per heavy atom. The predicted octanol–water partition coefficient (Wildman–Crippen LogP) is -0.504. The molecule has 1 unspecified atom stereocenters. The fourth-order valence-corrected chi connectivity index (χ4v) is 1.84. The largest absolute Gasteiger partial charge is 0.480 e. The Bertz CT molecular complexity index is 467. The fraction of sp³-hybridized carbons (Fsp3) is 0.545. The van der Waals surface area contributed by atoms with Gasteiger partial charge in [-0.25, -0.2) is 0 Å². The van der Waals surface area contributed by atoms with Crippen LogP contribution in [0.25, 0.3) is 0 Å². The van der Waals surface area contributed by atoms with E-state index in [0.29, 0.717) is 5.56 Å². The Morgan fingerprint density at radius 2 is 2.33 bits per heavy atom. The molecule has 1 heterocycles. The van der Waals surface area contributed by atoms with E-state index in [1.54, 1.807) is 17.9 Å². The Morgan fingerprint density at radius 3 is 2.78 bits per heavy atom. The lowest BCUT2D eigenvalue weighted by molar-refractivity contribution is -0.145. The summed E-state index contributed by atoms with van der Waals surface area (Å²) in [6, 6.07) is -0.824. The summed E-state index contributed by atoms with van der Waals surface area (Å²) in [4.78, 5) is 24.3. The van der Waals surface area contributed by atoms with Gasteiger partial charge in [-0.1, -0.05) is 0 Å². The molecular formula is C11H16N4O3. The zero-order valence-electron chi connectivity index (χ0n) is 10.1. The van der Waals surface area contributed by atoms with Crippen molar-refractivity contribution in [2.45, 2.75) is 24.9 Å². The fourth-order valence-electron chi connectivity index (χ4n) is 1.84. The highest BCUT2D eigenvalue weighted by molar-refractivity contribution is 5.86. The zero-order chi connectivity index (χ0) is 13.3. The van der Waals surface area contributed by atoms with Crippen LogP contribution in [0, 0.1) is 0 Å². The molecule has 1 fully saturated rings. The Kier molecular flexibility index (Phi) is 3.33. The lowest BCUT2D eigenvalue weighted by atomic mass is 10.1. The van der Waals surface area contributed by atoms with Crippen molar-refractivity contribution in [3.05, 3.63) is 18.0 Å². The molecule has 0 aliphatic heterocycles. The van der Waals surface area contributed by atoms with E-state index in [9.17, 15) is 9.59 Å². The van der Waals surface area contributed by atoms with E-state index in [1.165, 1.54) is 11.1 Å². The number of carbonyl (C=O) groups is 2. The molecule has 1 saturated carbocycles. The first-order valence-electron chi connectivity index (χ1n) is 5.75. The van der Waals surface area contributed by atoms with Gasteiger partial charge in [0.2, 0.25) is 5.91 Å². The maximum atomic E-state index is 12.2. The summed E-state index contributed by atoms with van der Waals surface area (Å²) in [5, 5.41) is 12.8. The molecule has 2 rings (SSSR count). The SMILES string of the molecule is Cn1cc(C(N)C(=O)N(CC(=O)O)C2CC2)cn1. The van der Waals surface area contributed by atoms with Crippen molar-refractivity contribution in [1.82, 2.24) is 14.7 Å². The number of aromatic nitrogens is 2. The molecule has 1 amide bonds. The molecule has 0 spiro atoms. The maximum Gasteiger partial charge on any atom is 0.323 e. The Labute approximate surface area is 104 Å². The third kappa shape index (κ3) is 2.67. The minimum absolute atomic E-state index is 0.0244. The third-order valence-electron chi connectivity index (χ3n) is 2.93. The van der Waals surface area contributed by atoms with Crippen LogP contribution in [-0.4, -0.2) is 44.3 Å². The first kappa shape index (κ1) is 12.6. The van der Waals surface area contributed by atoms with Gasteiger partial charge >= 0.3 is 5.97 Å². The van der Waals surface area contributed by atoms with Gasteiger partial charge in [-0.3, -0.25) is 14.3 Å². The quantitative estimate of drug-likeness (QED) is 0.735. The van der Waals surface area contributed by atoms with Gasteiger partial charge in [0.05, 0.1) is 6.20 Å². The van der Waals surface area contributed by atoms with Crippen molar-refractivity contribution in [1.29, 1.82) is 0 Å². The predicted molar refractivity (Wildman–Crippen MR) is 62.5 cm³/mol. The zero-order valence-corrected chi connectivity index (χ0v) is 10.1. The van der Waals surface area contributed by atoms with E-state index in [1.807, 2.05) is 0 Å². The van der Waals surface area contributed by atoms with E-state index in [-0.39, 0.29) is 18.5 Å². The van der Waals surface area contributed by atoms with Crippen molar-refractivity contribution < 1.29 is 14.7 Å². The summed E-state index contributed by atoms with van der Waals surface area (Å²) in [6.07, 6.45) is 4.88. The molecule has 3 N–H and O–H groups in total. The maximum absolute atomic E-state index is 12.2. The molecule has 1 atom stereocenters. The number of nitrogens with zero attached hydrogens (tertiary/aromatic N) is 3. The molecule has 98 valence electrons. The Hall–Kier alpha value is -1.89. The molecule has 1 aliphatic carbocycles. The third-order valence-corrected chi connectivity index (χ3v) is 2.93. The van der Waals surface area contributed by atoms with Crippen LogP contribution in [0.4, 0.5) is 0 Å². The highest BCUT2D eigenvalue weighted by atomic mass is 16.4. The number of carboxylic acid groups (broad SMARTS) is 1. The topological polar surface area (TPSA) is 101 Å². The van der Waals surface area contributed by atoms with Crippen LogP contribution in [0.1, 0.15) is 24.4 Å². The molecule has 0 radical (unpaired) electrons. The second-order valence-corrected chi connectivity index (χ2v) is 4.52. The molecule has 0 saturated heterocycles. The number of aryl methyl sites for hydroxylation is 1. The molecule has 18 heavy (non-hydrogen) atoms. The van der Waals surface area contributed by atoms with Crippen molar-refractivity contribution in [3.63, 3.8) is 0 Å². The number of hydrogen-bond acceptors (Lipinski definition) is 4.